The average molecular weight is 272 g/mol. The fourth-order valence-corrected chi connectivity index (χ4v) is 2.00. The van der Waals surface area contributed by atoms with Gasteiger partial charge in [0.1, 0.15) is 5.82 Å². The van der Waals surface area contributed by atoms with E-state index in [-0.39, 0.29) is 11.7 Å². The van der Waals surface area contributed by atoms with Gasteiger partial charge < -0.3 is 4.90 Å². The van der Waals surface area contributed by atoms with Gasteiger partial charge in [0.25, 0.3) is 5.91 Å². The second-order valence-electron chi connectivity index (χ2n) is 3.77. The minimum absolute atomic E-state index is 0.0515. The van der Waals surface area contributed by atoms with E-state index in [1.165, 1.54) is 18.2 Å². The van der Waals surface area contributed by atoms with E-state index >= 15 is 0 Å². The van der Waals surface area contributed by atoms with E-state index in [4.69, 9.17) is 0 Å². The Morgan fingerprint density at radius 3 is 2.73 bits per heavy atom. The van der Waals surface area contributed by atoms with Crippen molar-refractivity contribution in [2.75, 3.05) is 7.05 Å². The fourth-order valence-electron chi connectivity index (χ4n) is 1.48. The highest BCUT2D eigenvalue weighted by Crippen LogP contribution is 2.28. The van der Waals surface area contributed by atoms with Gasteiger partial charge in [-0.3, -0.25) is 4.79 Å². The summed E-state index contributed by atoms with van der Waals surface area (Å²) in [6, 6.07) is 4.50. The summed E-state index contributed by atoms with van der Waals surface area (Å²) in [5.41, 5.74) is 0.519. The lowest BCUT2D eigenvalue weighted by Crippen LogP contribution is -2.29. The SMILES string of the molecule is CN(C(=O)c1ccc(F)cc1Br)C1CC1. The van der Waals surface area contributed by atoms with Crippen LogP contribution in [-0.2, 0) is 0 Å². The molecule has 1 aromatic carbocycles. The number of benzene rings is 1. The highest BCUT2D eigenvalue weighted by molar-refractivity contribution is 9.10. The molecule has 1 aliphatic rings. The first kappa shape index (κ1) is 10.6. The van der Waals surface area contributed by atoms with Crippen LogP contribution in [0, 0.1) is 5.82 Å². The first-order valence-corrected chi connectivity index (χ1v) is 5.61. The molecule has 4 heteroatoms. The largest absolute Gasteiger partial charge is 0.339 e. The van der Waals surface area contributed by atoms with Gasteiger partial charge in [-0.15, -0.1) is 0 Å². The summed E-state index contributed by atoms with van der Waals surface area (Å²) in [5.74, 6) is -0.392. The summed E-state index contributed by atoms with van der Waals surface area (Å²) in [4.78, 5) is 13.7. The lowest BCUT2D eigenvalue weighted by molar-refractivity contribution is 0.0784. The van der Waals surface area contributed by atoms with Gasteiger partial charge in [0.15, 0.2) is 0 Å². The summed E-state index contributed by atoms with van der Waals surface area (Å²) >= 11 is 3.20. The molecule has 0 unspecified atom stereocenters. The zero-order valence-electron chi connectivity index (χ0n) is 8.34. The zero-order valence-corrected chi connectivity index (χ0v) is 9.92. The van der Waals surface area contributed by atoms with E-state index in [9.17, 15) is 9.18 Å². The minimum atomic E-state index is -0.340. The Morgan fingerprint density at radius 1 is 1.53 bits per heavy atom. The molecule has 15 heavy (non-hydrogen) atoms. The molecule has 1 saturated carbocycles. The number of carbonyl (C=O) groups excluding carboxylic acids is 1. The molecule has 80 valence electrons. The molecule has 1 amide bonds. The van der Waals surface area contributed by atoms with Crippen LogP contribution in [0.5, 0.6) is 0 Å². The Morgan fingerprint density at radius 2 is 2.20 bits per heavy atom. The van der Waals surface area contributed by atoms with E-state index in [0.29, 0.717) is 16.1 Å². The number of nitrogens with zero attached hydrogens (tertiary/aromatic N) is 1. The van der Waals surface area contributed by atoms with Crippen molar-refractivity contribution >= 4 is 21.8 Å². The van der Waals surface area contributed by atoms with Crippen molar-refractivity contribution < 1.29 is 9.18 Å². The molecular formula is C11H11BrFNO. The standard InChI is InChI=1S/C11H11BrFNO/c1-14(8-3-4-8)11(15)9-5-2-7(13)6-10(9)12/h2,5-6,8H,3-4H2,1H3. The lowest BCUT2D eigenvalue weighted by Gasteiger charge is -2.16. The average Bonchev–Trinajstić information content (AvgIpc) is 2.99. The zero-order chi connectivity index (χ0) is 11.0. The van der Waals surface area contributed by atoms with Gasteiger partial charge in [0.2, 0.25) is 0 Å². The van der Waals surface area contributed by atoms with Crippen LogP contribution in [0.1, 0.15) is 23.2 Å². The second-order valence-corrected chi connectivity index (χ2v) is 4.63. The van der Waals surface area contributed by atoms with Gasteiger partial charge in [-0.1, -0.05) is 0 Å². The Kier molecular flexibility index (Phi) is 2.78. The van der Waals surface area contributed by atoms with Gasteiger partial charge in [-0.05, 0) is 47.0 Å². The number of amides is 1. The molecule has 2 rings (SSSR count). The van der Waals surface area contributed by atoms with Gasteiger partial charge in [0, 0.05) is 17.6 Å². The Hall–Kier alpha value is -0.900. The molecule has 0 aromatic heterocycles. The Bertz CT molecular complexity index is 404. The van der Waals surface area contributed by atoms with Crippen LogP contribution in [0.3, 0.4) is 0 Å². The van der Waals surface area contributed by atoms with E-state index in [1.807, 2.05) is 0 Å². The molecule has 0 bridgehead atoms. The summed E-state index contributed by atoms with van der Waals surface area (Å²) in [6.07, 6.45) is 2.14. The number of rotatable bonds is 2. The normalized spacial score (nSPS) is 15.1. The van der Waals surface area contributed by atoms with Crippen molar-refractivity contribution in [2.24, 2.45) is 0 Å². The molecule has 2 nitrogen and oxygen atoms in total. The van der Waals surface area contributed by atoms with Gasteiger partial charge in [-0.25, -0.2) is 4.39 Å². The van der Waals surface area contributed by atoms with Crippen LogP contribution in [0.4, 0.5) is 4.39 Å². The molecule has 0 heterocycles. The van der Waals surface area contributed by atoms with Crippen LogP contribution in [0.25, 0.3) is 0 Å². The van der Waals surface area contributed by atoms with E-state index in [0.717, 1.165) is 12.8 Å². The highest BCUT2D eigenvalue weighted by Gasteiger charge is 2.30. The number of hydrogen-bond donors (Lipinski definition) is 0. The third kappa shape index (κ3) is 2.20. The first-order chi connectivity index (χ1) is 7.09. The van der Waals surface area contributed by atoms with Crippen molar-refractivity contribution in [3.8, 4) is 0 Å². The van der Waals surface area contributed by atoms with Gasteiger partial charge in [0.05, 0.1) is 5.56 Å². The van der Waals surface area contributed by atoms with Crippen LogP contribution in [-0.4, -0.2) is 23.9 Å². The monoisotopic (exact) mass is 271 g/mol. The van der Waals surface area contributed by atoms with E-state index in [2.05, 4.69) is 15.9 Å². The summed E-state index contributed by atoms with van der Waals surface area (Å²) in [5, 5.41) is 0. The van der Waals surface area contributed by atoms with Gasteiger partial charge >= 0.3 is 0 Å². The predicted octanol–water partition coefficient (Wildman–Crippen LogP) is 2.82. The molecule has 0 atom stereocenters. The number of hydrogen-bond acceptors (Lipinski definition) is 1. The van der Waals surface area contributed by atoms with Crippen LogP contribution in [0.15, 0.2) is 22.7 Å². The number of carbonyl (C=O) groups is 1. The van der Waals surface area contributed by atoms with Gasteiger partial charge in [-0.2, -0.15) is 0 Å². The maximum absolute atomic E-state index is 12.8. The molecule has 1 aromatic rings. The van der Waals surface area contributed by atoms with Crippen molar-refractivity contribution in [3.63, 3.8) is 0 Å². The molecular weight excluding hydrogens is 261 g/mol. The lowest BCUT2D eigenvalue weighted by atomic mass is 10.2. The second kappa shape index (κ2) is 3.93. The Balaban J connectivity index is 2.24. The van der Waals surface area contributed by atoms with Crippen molar-refractivity contribution in [3.05, 3.63) is 34.1 Å². The maximum atomic E-state index is 12.8. The van der Waals surface area contributed by atoms with E-state index < -0.39 is 0 Å². The molecule has 1 aliphatic carbocycles. The quantitative estimate of drug-likeness (QED) is 0.810. The highest BCUT2D eigenvalue weighted by atomic mass is 79.9. The van der Waals surface area contributed by atoms with Crippen LogP contribution in [0.2, 0.25) is 0 Å². The number of halogens is 2. The predicted molar refractivity (Wildman–Crippen MR) is 59.2 cm³/mol. The smallest absolute Gasteiger partial charge is 0.254 e. The molecule has 0 N–H and O–H groups in total. The molecule has 0 saturated heterocycles. The molecule has 0 spiro atoms. The molecule has 0 radical (unpaired) electrons. The Labute approximate surface area is 96.2 Å². The van der Waals surface area contributed by atoms with E-state index in [1.54, 1.807) is 11.9 Å². The fraction of sp³-hybridized carbons (Fsp3) is 0.364. The topological polar surface area (TPSA) is 20.3 Å². The minimum Gasteiger partial charge on any atom is -0.339 e. The molecule has 0 aliphatic heterocycles. The summed E-state index contributed by atoms with van der Waals surface area (Å²) in [6.45, 7) is 0. The van der Waals surface area contributed by atoms with Crippen LogP contribution < -0.4 is 0 Å². The summed E-state index contributed by atoms with van der Waals surface area (Å²) in [7, 11) is 1.79. The third-order valence-electron chi connectivity index (χ3n) is 2.58. The maximum Gasteiger partial charge on any atom is 0.254 e. The molecule has 1 fully saturated rings. The van der Waals surface area contributed by atoms with Crippen molar-refractivity contribution in [1.82, 2.24) is 4.90 Å². The third-order valence-corrected chi connectivity index (χ3v) is 3.23. The summed E-state index contributed by atoms with van der Waals surface area (Å²) < 4.78 is 13.3. The first-order valence-electron chi connectivity index (χ1n) is 4.82. The van der Waals surface area contributed by atoms with Crippen molar-refractivity contribution in [1.29, 1.82) is 0 Å². The van der Waals surface area contributed by atoms with Crippen LogP contribution >= 0.6 is 15.9 Å². The van der Waals surface area contributed by atoms with Crippen molar-refractivity contribution in [2.45, 2.75) is 18.9 Å².